The molecule has 0 fully saturated rings. The van der Waals surface area contributed by atoms with Gasteiger partial charge in [0.05, 0.1) is 67.0 Å². The molecule has 0 radical (unpaired) electrons. The zero-order valence-corrected chi connectivity index (χ0v) is 40.9. The highest BCUT2D eigenvalue weighted by Crippen LogP contribution is 2.19. The number of hydrogen-bond acceptors (Lipinski definition) is 8. The van der Waals surface area contributed by atoms with E-state index in [1.54, 1.807) is 48.5 Å². The number of carbonyl (C=O) groups is 4. The van der Waals surface area contributed by atoms with Crippen molar-refractivity contribution in [1.29, 1.82) is 0 Å². The summed E-state index contributed by atoms with van der Waals surface area (Å²) < 4.78 is 23.4. The number of carbonyl (C=O) groups excluding carboxylic acids is 4. The van der Waals surface area contributed by atoms with E-state index in [2.05, 4.69) is 35.4 Å². The Morgan fingerprint density at radius 2 is 0.571 bits per heavy atom. The number of quaternary nitrogens is 2. The first-order valence-corrected chi connectivity index (χ1v) is 22.9. The number of anilines is 4. The summed E-state index contributed by atoms with van der Waals surface area (Å²) in [5.41, 5.74) is 8.28. The number of fused-ring (bicyclic) bond motifs is 12. The van der Waals surface area contributed by atoms with Crippen molar-refractivity contribution in [2.45, 2.75) is 26.4 Å². The van der Waals surface area contributed by atoms with Gasteiger partial charge in [-0.05, 0) is 107 Å². The summed E-state index contributed by atoms with van der Waals surface area (Å²) in [6.45, 7) is 7.92. The number of amides is 4. The Bertz CT molecular complexity index is 2320. The minimum absolute atomic E-state index is 0. The third kappa shape index (κ3) is 17.5. The number of benzene rings is 6. The highest BCUT2D eigenvalue weighted by Gasteiger charge is 2.15. The van der Waals surface area contributed by atoms with Gasteiger partial charge >= 0.3 is 0 Å². The van der Waals surface area contributed by atoms with Crippen LogP contribution in [0.2, 0.25) is 0 Å². The number of likely N-dealkylation sites (N-methyl/N-ethyl adjacent to an activating group) is 2. The summed E-state index contributed by atoms with van der Waals surface area (Å²) in [5.74, 6) is -1.11. The molecule has 6 aromatic carbocycles. The molecule has 0 spiro atoms. The van der Waals surface area contributed by atoms with Crippen LogP contribution in [-0.4, -0.2) is 90.3 Å². The van der Waals surface area contributed by atoms with Crippen molar-refractivity contribution in [2.24, 2.45) is 0 Å². The van der Waals surface area contributed by atoms with E-state index in [4.69, 9.17) is 18.9 Å². The van der Waals surface area contributed by atoms with Crippen LogP contribution in [0.5, 0.6) is 0 Å². The Hall–Kier alpha value is -6.46. The van der Waals surface area contributed by atoms with Crippen molar-refractivity contribution in [2.75, 3.05) is 88.0 Å². The monoisotopic (exact) mass is 990 g/mol. The predicted molar refractivity (Wildman–Crippen MR) is 262 cm³/mol. The lowest BCUT2D eigenvalue weighted by Gasteiger charge is -2.15. The SMILES string of the molecule is C[NH+]1CCOCc2cccc(c2)NC(=O)c2cccc(c2)C(=O)Nc2cccc(c2)COCC1.C[NH+]1CCOCc2cccc(c2)NC(=O)c2cccc(c2)C(=O)Nc2cccc(c2)COCC1.[Cl-].[Cl-]. The first-order valence-electron chi connectivity index (χ1n) is 22.9. The predicted octanol–water partition coefficient (Wildman–Crippen LogP) is -0.487. The van der Waals surface area contributed by atoms with Crippen LogP contribution in [0.3, 0.4) is 0 Å². The lowest BCUT2D eigenvalue weighted by molar-refractivity contribution is -0.880. The largest absolute Gasteiger partial charge is 1.00 e. The smallest absolute Gasteiger partial charge is 0.255 e. The van der Waals surface area contributed by atoms with E-state index in [1.165, 1.54) is 9.80 Å². The fourth-order valence-electron chi connectivity index (χ4n) is 7.37. The minimum Gasteiger partial charge on any atom is -1.00 e. The molecule has 2 aliphatic heterocycles. The standard InChI is InChI=1S/2C27H29N3O4.2ClH/c2*1-30-11-13-33-18-20-5-2-9-24(15-20)28-26(31)22-7-4-8-23(17-22)27(32)29-25-10-3-6-21(16-25)19-34-14-12-30;;/h2*2-10,15-17H,11-14,18-19H2,1H3,(H,28,31)(H,29,32);2*1H. The van der Waals surface area contributed by atoms with E-state index in [9.17, 15) is 19.2 Å². The Morgan fingerprint density at radius 1 is 0.343 bits per heavy atom. The Kier molecular flexibility index (Phi) is 22.0. The maximum absolute atomic E-state index is 12.8. The number of rotatable bonds is 0. The molecule has 0 aliphatic carbocycles. The van der Waals surface area contributed by atoms with Crippen molar-refractivity contribution in [3.8, 4) is 0 Å². The molecule has 12 bridgehead atoms. The van der Waals surface area contributed by atoms with Gasteiger partial charge in [-0.15, -0.1) is 0 Å². The summed E-state index contributed by atoms with van der Waals surface area (Å²) in [4.78, 5) is 54.0. The highest BCUT2D eigenvalue weighted by molar-refractivity contribution is 6.10. The lowest BCUT2D eigenvalue weighted by atomic mass is 10.1. The Balaban J connectivity index is 0.000000254. The molecule has 0 aromatic heterocycles. The van der Waals surface area contributed by atoms with Crippen LogP contribution < -0.4 is 55.9 Å². The van der Waals surface area contributed by atoms with Gasteiger partial charge in [-0.2, -0.15) is 0 Å². The van der Waals surface area contributed by atoms with Crippen LogP contribution in [0.25, 0.3) is 0 Å². The molecular formula is C54H60Cl2N6O8. The van der Waals surface area contributed by atoms with Crippen molar-refractivity contribution >= 4 is 46.4 Å². The van der Waals surface area contributed by atoms with E-state index in [0.29, 0.717) is 97.9 Å². The number of nitrogens with one attached hydrogen (secondary N) is 6. The molecule has 2 aliphatic rings. The van der Waals surface area contributed by atoms with Gasteiger partial charge in [0.1, 0.15) is 26.2 Å². The molecule has 4 amide bonds. The quantitative estimate of drug-likeness (QED) is 0.119. The summed E-state index contributed by atoms with van der Waals surface area (Å²) in [5, 5.41) is 11.6. The molecule has 8 rings (SSSR count). The third-order valence-electron chi connectivity index (χ3n) is 11.3. The molecule has 2 heterocycles. The first-order chi connectivity index (χ1) is 33.1. The van der Waals surface area contributed by atoms with Gasteiger partial charge in [0, 0.05) is 45.0 Å². The van der Waals surface area contributed by atoms with Crippen LogP contribution in [0.1, 0.15) is 63.7 Å². The molecule has 0 saturated heterocycles. The van der Waals surface area contributed by atoms with Gasteiger partial charge in [0.25, 0.3) is 23.6 Å². The molecule has 0 saturated carbocycles. The average Bonchev–Trinajstić information content (AvgIpc) is 3.35. The van der Waals surface area contributed by atoms with Crippen LogP contribution in [0.15, 0.2) is 146 Å². The zero-order chi connectivity index (χ0) is 47.5. The second kappa shape index (κ2) is 28.3. The van der Waals surface area contributed by atoms with Crippen molar-refractivity contribution in [1.82, 2.24) is 0 Å². The first kappa shape index (κ1) is 54.5. The number of ether oxygens (including phenoxy) is 4. The van der Waals surface area contributed by atoms with E-state index in [1.807, 2.05) is 97.1 Å². The summed E-state index contributed by atoms with van der Waals surface area (Å²) >= 11 is 0. The highest BCUT2D eigenvalue weighted by atomic mass is 35.5. The Labute approximate surface area is 421 Å². The van der Waals surface area contributed by atoms with E-state index in [0.717, 1.165) is 48.4 Å². The van der Waals surface area contributed by atoms with Gasteiger partial charge in [0.15, 0.2) is 0 Å². The van der Waals surface area contributed by atoms with Crippen molar-refractivity contribution in [3.63, 3.8) is 0 Å². The topological polar surface area (TPSA) is 162 Å². The summed E-state index contributed by atoms with van der Waals surface area (Å²) in [6.07, 6.45) is 0. The fraction of sp³-hybridized carbons (Fsp3) is 0.259. The van der Waals surface area contributed by atoms with Gasteiger partial charge in [-0.1, -0.05) is 60.7 Å². The van der Waals surface area contributed by atoms with E-state index < -0.39 is 0 Å². The second-order valence-corrected chi connectivity index (χ2v) is 16.9. The molecule has 16 heteroatoms. The second-order valence-electron chi connectivity index (χ2n) is 16.9. The average molecular weight is 992 g/mol. The molecule has 70 heavy (non-hydrogen) atoms. The summed E-state index contributed by atoms with van der Waals surface area (Å²) in [6, 6.07) is 43.7. The number of halogens is 2. The molecular weight excluding hydrogens is 932 g/mol. The van der Waals surface area contributed by atoms with Crippen LogP contribution in [0, 0.1) is 0 Å². The van der Waals surface area contributed by atoms with E-state index >= 15 is 0 Å². The molecule has 6 aromatic rings. The zero-order valence-electron chi connectivity index (χ0n) is 39.4. The van der Waals surface area contributed by atoms with E-state index in [-0.39, 0.29) is 48.4 Å². The molecule has 0 unspecified atom stereocenters. The molecule has 0 atom stereocenters. The number of hydrogen-bond donors (Lipinski definition) is 6. The van der Waals surface area contributed by atoms with Crippen LogP contribution in [0.4, 0.5) is 22.7 Å². The minimum atomic E-state index is -0.278. The van der Waals surface area contributed by atoms with Crippen molar-refractivity contribution in [3.05, 3.63) is 190 Å². The molecule has 6 N–H and O–H groups in total. The lowest BCUT2D eigenvalue weighted by Crippen LogP contribution is -3.10. The summed E-state index contributed by atoms with van der Waals surface area (Å²) in [7, 11) is 4.23. The molecule has 368 valence electrons. The van der Waals surface area contributed by atoms with Gasteiger partial charge < -0.3 is 74.8 Å². The van der Waals surface area contributed by atoms with Gasteiger partial charge in [0.2, 0.25) is 0 Å². The Morgan fingerprint density at radius 3 is 0.814 bits per heavy atom. The fourth-order valence-corrected chi connectivity index (χ4v) is 7.37. The van der Waals surface area contributed by atoms with Gasteiger partial charge in [-0.3, -0.25) is 19.2 Å². The maximum Gasteiger partial charge on any atom is 0.255 e. The van der Waals surface area contributed by atoms with Gasteiger partial charge in [-0.25, -0.2) is 0 Å². The third-order valence-corrected chi connectivity index (χ3v) is 11.3. The molecule has 14 nitrogen and oxygen atoms in total. The maximum atomic E-state index is 12.8. The van der Waals surface area contributed by atoms with Crippen molar-refractivity contribution < 1.29 is 72.7 Å². The normalized spacial score (nSPS) is 16.0. The van der Waals surface area contributed by atoms with Crippen LogP contribution >= 0.6 is 0 Å². The van der Waals surface area contributed by atoms with Crippen LogP contribution in [-0.2, 0) is 45.4 Å².